The zero-order valence-corrected chi connectivity index (χ0v) is 15.6. The third-order valence-corrected chi connectivity index (χ3v) is 5.04. The van der Waals surface area contributed by atoms with Gasteiger partial charge in [-0.2, -0.15) is 0 Å². The van der Waals surface area contributed by atoms with Gasteiger partial charge < -0.3 is 10.2 Å². The van der Waals surface area contributed by atoms with Crippen LogP contribution in [0, 0.1) is 29.9 Å². The minimum atomic E-state index is -0.544. The summed E-state index contributed by atoms with van der Waals surface area (Å²) in [5.74, 6) is -1.07. The number of carbonyl (C=O) groups excluding carboxylic acids is 2. The van der Waals surface area contributed by atoms with Gasteiger partial charge in [-0.15, -0.1) is 0 Å². The predicted octanol–water partition coefficient (Wildman–Crippen LogP) is 3.86. The Morgan fingerprint density at radius 1 is 1.22 bits per heavy atom. The van der Waals surface area contributed by atoms with Crippen molar-refractivity contribution in [3.8, 4) is 0 Å². The summed E-state index contributed by atoms with van der Waals surface area (Å²) in [6.45, 7) is 3.67. The number of nitro groups is 1. The number of carbonyl (C=O) groups is 2. The first kappa shape index (κ1) is 18.8. The second-order valence-corrected chi connectivity index (χ2v) is 6.99. The van der Waals surface area contributed by atoms with Crippen LogP contribution in [0.25, 0.3) is 0 Å². The van der Waals surface area contributed by atoms with E-state index < -0.39 is 10.8 Å². The first-order valence-electron chi connectivity index (χ1n) is 8.38. The molecule has 27 heavy (non-hydrogen) atoms. The first-order chi connectivity index (χ1) is 12.8. The summed E-state index contributed by atoms with van der Waals surface area (Å²) in [6, 6.07) is 9.83. The van der Waals surface area contributed by atoms with Crippen LogP contribution in [0.3, 0.4) is 0 Å². The smallest absolute Gasteiger partial charge is 0.274 e. The van der Waals surface area contributed by atoms with Crippen LogP contribution < -0.4 is 10.2 Å². The zero-order chi connectivity index (χ0) is 19.7. The zero-order valence-electron chi connectivity index (χ0n) is 14.9. The normalized spacial score (nSPS) is 16.5. The van der Waals surface area contributed by atoms with Crippen LogP contribution in [0.4, 0.5) is 17.1 Å². The van der Waals surface area contributed by atoms with Crippen LogP contribution >= 0.6 is 11.6 Å². The lowest BCUT2D eigenvalue weighted by Crippen LogP contribution is -2.28. The molecule has 7 nitrogen and oxygen atoms in total. The summed E-state index contributed by atoms with van der Waals surface area (Å²) in [7, 11) is 0. The van der Waals surface area contributed by atoms with Crippen molar-refractivity contribution in [1.29, 1.82) is 0 Å². The number of hydrogen-bond acceptors (Lipinski definition) is 4. The molecule has 0 radical (unpaired) electrons. The summed E-state index contributed by atoms with van der Waals surface area (Å²) < 4.78 is 0. The number of halogens is 1. The van der Waals surface area contributed by atoms with Crippen molar-refractivity contribution in [2.45, 2.75) is 20.3 Å². The van der Waals surface area contributed by atoms with Crippen molar-refractivity contribution in [3.63, 3.8) is 0 Å². The lowest BCUT2D eigenvalue weighted by Gasteiger charge is -2.17. The number of amides is 2. The molecule has 2 aromatic carbocycles. The second-order valence-electron chi connectivity index (χ2n) is 6.59. The maximum atomic E-state index is 12.5. The standard InChI is InChI=1S/C19H18ClN3O4/c1-11-3-5-14(8-16(11)20)21-19(25)13-7-18(24)22(10-13)15-6-4-12(2)17(9-15)23(26)27/h3-6,8-9,13H,7,10H2,1-2H3,(H,21,25)/t13-/m0/s1. The summed E-state index contributed by atoms with van der Waals surface area (Å²) in [5.41, 5.74) is 2.35. The van der Waals surface area contributed by atoms with E-state index in [0.29, 0.717) is 22.0 Å². The van der Waals surface area contributed by atoms with Gasteiger partial charge in [-0.25, -0.2) is 0 Å². The number of hydrogen-bond donors (Lipinski definition) is 1. The molecule has 8 heteroatoms. The van der Waals surface area contributed by atoms with Gasteiger partial charge in [-0.1, -0.05) is 23.7 Å². The third-order valence-electron chi connectivity index (χ3n) is 4.64. The maximum absolute atomic E-state index is 12.5. The van der Waals surface area contributed by atoms with Gasteiger partial charge >= 0.3 is 0 Å². The monoisotopic (exact) mass is 387 g/mol. The fraction of sp³-hybridized carbons (Fsp3) is 0.263. The minimum absolute atomic E-state index is 0.0487. The Balaban J connectivity index is 1.75. The van der Waals surface area contributed by atoms with Gasteiger partial charge in [0, 0.05) is 35.3 Å². The highest BCUT2D eigenvalue weighted by molar-refractivity contribution is 6.31. The molecular weight excluding hydrogens is 370 g/mol. The molecule has 140 valence electrons. The van der Waals surface area contributed by atoms with Crippen molar-refractivity contribution < 1.29 is 14.5 Å². The molecule has 2 amide bonds. The van der Waals surface area contributed by atoms with Gasteiger partial charge in [0.2, 0.25) is 11.8 Å². The van der Waals surface area contributed by atoms with Gasteiger partial charge in [0.1, 0.15) is 0 Å². The number of rotatable bonds is 4. The Bertz CT molecular complexity index is 945. The topological polar surface area (TPSA) is 92.6 Å². The van der Waals surface area contributed by atoms with E-state index in [1.165, 1.54) is 11.0 Å². The average molecular weight is 388 g/mol. The number of aryl methyl sites for hydroxylation is 2. The van der Waals surface area contributed by atoms with Gasteiger partial charge in [-0.3, -0.25) is 19.7 Å². The molecule has 1 fully saturated rings. The lowest BCUT2D eigenvalue weighted by molar-refractivity contribution is -0.385. The van der Waals surface area contributed by atoms with Gasteiger partial charge in [0.15, 0.2) is 0 Å². The fourth-order valence-electron chi connectivity index (χ4n) is 3.01. The molecule has 1 heterocycles. The Morgan fingerprint density at radius 2 is 1.93 bits per heavy atom. The second kappa shape index (κ2) is 7.36. The Kier molecular flexibility index (Phi) is 5.14. The molecule has 2 aromatic rings. The van der Waals surface area contributed by atoms with Crippen LogP contribution in [-0.4, -0.2) is 23.3 Å². The van der Waals surface area contributed by atoms with E-state index in [0.717, 1.165) is 5.56 Å². The van der Waals surface area contributed by atoms with Crippen LogP contribution in [0.5, 0.6) is 0 Å². The Labute approximate surface area is 161 Å². The SMILES string of the molecule is Cc1ccc(NC(=O)[C@H]2CC(=O)N(c3ccc(C)c([N+](=O)[O-])c3)C2)cc1Cl. The van der Waals surface area contributed by atoms with Crippen molar-refractivity contribution >= 4 is 40.5 Å². The lowest BCUT2D eigenvalue weighted by atomic mass is 10.1. The molecule has 0 aromatic heterocycles. The van der Waals surface area contributed by atoms with Gasteiger partial charge in [0.25, 0.3) is 5.69 Å². The van der Waals surface area contributed by atoms with Crippen LogP contribution in [0.15, 0.2) is 36.4 Å². The summed E-state index contributed by atoms with van der Waals surface area (Å²) in [4.78, 5) is 36.9. The number of nitrogens with one attached hydrogen (secondary N) is 1. The molecule has 1 saturated heterocycles. The van der Waals surface area contributed by atoms with Crippen molar-refractivity contribution in [1.82, 2.24) is 0 Å². The number of benzene rings is 2. The van der Waals surface area contributed by atoms with Crippen LogP contribution in [0.2, 0.25) is 5.02 Å². The van der Waals surface area contributed by atoms with Gasteiger partial charge in [-0.05, 0) is 37.6 Å². The molecule has 1 atom stereocenters. The molecule has 0 unspecified atom stereocenters. The van der Waals surface area contributed by atoms with Crippen LogP contribution in [-0.2, 0) is 9.59 Å². The minimum Gasteiger partial charge on any atom is -0.326 e. The highest BCUT2D eigenvalue weighted by Gasteiger charge is 2.35. The molecule has 0 bridgehead atoms. The molecule has 1 aliphatic heterocycles. The van der Waals surface area contributed by atoms with E-state index in [1.807, 2.05) is 6.92 Å². The molecular formula is C19H18ClN3O4. The van der Waals surface area contributed by atoms with E-state index in [2.05, 4.69) is 5.32 Å². The van der Waals surface area contributed by atoms with E-state index in [1.54, 1.807) is 37.3 Å². The predicted molar refractivity (Wildman–Crippen MR) is 103 cm³/mol. The fourth-order valence-corrected chi connectivity index (χ4v) is 3.19. The first-order valence-corrected chi connectivity index (χ1v) is 8.76. The molecule has 1 N–H and O–H groups in total. The molecule has 0 aliphatic carbocycles. The quantitative estimate of drug-likeness (QED) is 0.636. The van der Waals surface area contributed by atoms with E-state index >= 15 is 0 Å². The Morgan fingerprint density at radius 3 is 2.59 bits per heavy atom. The molecule has 0 saturated carbocycles. The van der Waals surface area contributed by atoms with E-state index in [-0.39, 0.29) is 30.5 Å². The van der Waals surface area contributed by atoms with Gasteiger partial charge in [0.05, 0.1) is 16.5 Å². The maximum Gasteiger partial charge on any atom is 0.274 e. The van der Waals surface area contributed by atoms with Crippen LogP contribution in [0.1, 0.15) is 17.5 Å². The largest absolute Gasteiger partial charge is 0.326 e. The highest BCUT2D eigenvalue weighted by atomic mass is 35.5. The third kappa shape index (κ3) is 3.93. The molecule has 1 aliphatic rings. The Hall–Kier alpha value is -2.93. The number of nitrogens with zero attached hydrogens (tertiary/aromatic N) is 2. The number of anilines is 2. The van der Waals surface area contributed by atoms with Crippen molar-refractivity contribution in [2.75, 3.05) is 16.8 Å². The van der Waals surface area contributed by atoms with E-state index in [4.69, 9.17) is 11.6 Å². The number of nitro benzene ring substituents is 1. The van der Waals surface area contributed by atoms with E-state index in [9.17, 15) is 19.7 Å². The highest BCUT2D eigenvalue weighted by Crippen LogP contribution is 2.30. The van der Waals surface area contributed by atoms with Crippen molar-refractivity contribution in [3.05, 3.63) is 62.7 Å². The van der Waals surface area contributed by atoms with Crippen molar-refractivity contribution in [2.24, 2.45) is 5.92 Å². The molecule has 0 spiro atoms. The average Bonchev–Trinajstić information content (AvgIpc) is 3.00. The summed E-state index contributed by atoms with van der Waals surface area (Å²) >= 11 is 6.07. The molecule has 3 rings (SSSR count). The summed E-state index contributed by atoms with van der Waals surface area (Å²) in [6.07, 6.45) is 0.0487. The summed E-state index contributed by atoms with van der Waals surface area (Å²) in [5, 5.41) is 14.4.